The lowest BCUT2D eigenvalue weighted by Crippen LogP contribution is -2.26. The summed E-state index contributed by atoms with van der Waals surface area (Å²) in [6.45, 7) is -0.346. The molecule has 3 nitrogen and oxygen atoms in total. The molecule has 0 amide bonds. The lowest BCUT2D eigenvalue weighted by molar-refractivity contribution is 0.483. The normalized spacial score (nSPS) is 11.5. The van der Waals surface area contributed by atoms with Crippen LogP contribution in [0.15, 0.2) is 30.3 Å². The topological polar surface area (TPSA) is 46.2 Å². The summed E-state index contributed by atoms with van der Waals surface area (Å²) in [4.78, 5) is 0. The van der Waals surface area contributed by atoms with Crippen molar-refractivity contribution >= 4 is 10.0 Å². The maximum atomic E-state index is 11.8. The molecule has 0 bridgehead atoms. The summed E-state index contributed by atoms with van der Waals surface area (Å²) in [5.41, 5.74) is 0.890. The highest BCUT2D eigenvalue weighted by atomic mass is 32.2. The van der Waals surface area contributed by atoms with Gasteiger partial charge in [0.2, 0.25) is 10.0 Å². The molecule has 84 valence electrons. The third-order valence-electron chi connectivity index (χ3n) is 1.89. The third-order valence-corrected chi connectivity index (χ3v) is 3.30. The van der Waals surface area contributed by atoms with E-state index in [0.29, 0.717) is 0 Å². The molecule has 0 saturated carbocycles. The van der Waals surface area contributed by atoms with Gasteiger partial charge in [0.05, 0.1) is 12.4 Å². The average Bonchev–Trinajstić information content (AvgIpc) is 2.25. The summed E-state index contributed by atoms with van der Waals surface area (Å²) < 4.78 is 36.8. The maximum absolute atomic E-state index is 11.8. The zero-order chi connectivity index (χ0) is 11.1. The van der Waals surface area contributed by atoms with Crippen molar-refractivity contribution in [2.24, 2.45) is 0 Å². The van der Waals surface area contributed by atoms with E-state index in [0.717, 1.165) is 5.56 Å². The smallest absolute Gasteiger partial charge is 0.211 e. The number of alkyl halides is 1. The van der Waals surface area contributed by atoms with Gasteiger partial charge in [0.1, 0.15) is 0 Å². The first kappa shape index (κ1) is 12.1. The Bertz CT molecular complexity index is 378. The van der Waals surface area contributed by atoms with E-state index in [9.17, 15) is 12.8 Å². The van der Waals surface area contributed by atoms with Crippen LogP contribution in [-0.2, 0) is 16.6 Å². The SMILES string of the molecule is O=S(=O)(CCC[18F])NCc1ccccc1. The summed E-state index contributed by atoms with van der Waals surface area (Å²) in [5.74, 6) is -0.156. The van der Waals surface area contributed by atoms with Crippen LogP contribution in [0.25, 0.3) is 0 Å². The van der Waals surface area contributed by atoms with Crippen LogP contribution >= 0.6 is 0 Å². The van der Waals surface area contributed by atoms with Gasteiger partial charge < -0.3 is 0 Å². The number of sulfonamides is 1. The van der Waals surface area contributed by atoms with E-state index in [2.05, 4.69) is 4.72 Å². The molecule has 0 saturated heterocycles. The predicted molar refractivity (Wildman–Crippen MR) is 57.7 cm³/mol. The molecule has 0 fully saturated rings. The molecule has 0 aliphatic carbocycles. The van der Waals surface area contributed by atoms with Gasteiger partial charge in [-0.3, -0.25) is 4.39 Å². The molecule has 0 heterocycles. The zero-order valence-corrected chi connectivity index (χ0v) is 9.13. The highest BCUT2D eigenvalue weighted by Gasteiger charge is 2.08. The lowest BCUT2D eigenvalue weighted by Gasteiger charge is -2.05. The molecule has 0 aliphatic rings. The molecule has 1 aromatic rings. The van der Waals surface area contributed by atoms with Crippen molar-refractivity contribution < 1.29 is 12.8 Å². The first-order chi connectivity index (χ1) is 7.14. The van der Waals surface area contributed by atoms with Gasteiger partial charge in [-0.1, -0.05) is 30.3 Å². The number of halogens is 1. The first-order valence-corrected chi connectivity index (χ1v) is 6.36. The third kappa shape index (κ3) is 4.90. The Morgan fingerprint density at radius 2 is 1.87 bits per heavy atom. The lowest BCUT2D eigenvalue weighted by atomic mass is 10.2. The van der Waals surface area contributed by atoms with Gasteiger partial charge in [-0.2, -0.15) is 0 Å². The van der Waals surface area contributed by atoms with Crippen LogP contribution in [0.1, 0.15) is 12.0 Å². The minimum Gasteiger partial charge on any atom is -0.251 e. The molecule has 0 aromatic heterocycles. The van der Waals surface area contributed by atoms with Gasteiger partial charge in [0, 0.05) is 6.54 Å². The molecule has 15 heavy (non-hydrogen) atoms. The van der Waals surface area contributed by atoms with E-state index >= 15 is 0 Å². The minimum atomic E-state index is -3.33. The highest BCUT2D eigenvalue weighted by Crippen LogP contribution is 1.99. The molecule has 0 atom stereocenters. The van der Waals surface area contributed by atoms with Gasteiger partial charge >= 0.3 is 0 Å². The highest BCUT2D eigenvalue weighted by molar-refractivity contribution is 7.89. The van der Waals surface area contributed by atoms with E-state index in [-0.39, 0.29) is 18.7 Å². The number of nitrogens with one attached hydrogen (secondary N) is 1. The summed E-state index contributed by atoms with van der Waals surface area (Å²) in [6, 6.07) is 9.20. The van der Waals surface area contributed by atoms with Crippen LogP contribution in [0.2, 0.25) is 0 Å². The quantitative estimate of drug-likeness (QED) is 0.804. The summed E-state index contributed by atoms with van der Waals surface area (Å²) in [7, 11) is -3.33. The molecule has 0 aliphatic heterocycles. The monoisotopic (exact) mass is 230 g/mol. The Morgan fingerprint density at radius 3 is 2.47 bits per heavy atom. The molecule has 1 aromatic carbocycles. The van der Waals surface area contributed by atoms with Gasteiger partial charge in [0.15, 0.2) is 0 Å². The largest absolute Gasteiger partial charge is 0.251 e. The molecule has 0 radical (unpaired) electrons. The van der Waals surface area contributed by atoms with Crippen LogP contribution in [-0.4, -0.2) is 20.8 Å². The molecule has 0 unspecified atom stereocenters. The first-order valence-electron chi connectivity index (χ1n) is 4.71. The van der Waals surface area contributed by atoms with Gasteiger partial charge in [-0.05, 0) is 12.0 Å². The summed E-state index contributed by atoms with van der Waals surface area (Å²) in [6.07, 6.45) is 0.0458. The molecule has 0 spiro atoms. The number of hydrogen-bond donors (Lipinski definition) is 1. The van der Waals surface area contributed by atoms with E-state index in [1.54, 1.807) is 0 Å². The minimum absolute atomic E-state index is 0.0458. The standard InChI is InChI=1S/C10H14FNO2S/c11-7-4-8-15(13,14)12-9-10-5-2-1-3-6-10/h1-3,5-6,12H,4,7-9H2/i11-1. The molecule has 1 N–H and O–H groups in total. The van der Waals surface area contributed by atoms with Crippen molar-refractivity contribution in [3.8, 4) is 0 Å². The second-order valence-electron chi connectivity index (χ2n) is 3.17. The Morgan fingerprint density at radius 1 is 1.20 bits per heavy atom. The van der Waals surface area contributed by atoms with Gasteiger partial charge in [-0.25, -0.2) is 13.1 Å². The fourth-order valence-corrected chi connectivity index (χ4v) is 2.13. The Kier molecular flexibility index (Phi) is 4.71. The second-order valence-corrected chi connectivity index (χ2v) is 5.09. The van der Waals surface area contributed by atoms with Crippen molar-refractivity contribution in [2.75, 3.05) is 12.4 Å². The second kappa shape index (κ2) is 5.82. The van der Waals surface area contributed by atoms with Crippen LogP contribution < -0.4 is 4.72 Å². The van der Waals surface area contributed by atoms with Crippen molar-refractivity contribution in [2.45, 2.75) is 13.0 Å². The van der Waals surface area contributed by atoms with Crippen LogP contribution in [0.5, 0.6) is 0 Å². The van der Waals surface area contributed by atoms with Crippen LogP contribution in [0.3, 0.4) is 0 Å². The molecule has 5 heteroatoms. The van der Waals surface area contributed by atoms with Crippen molar-refractivity contribution in [1.82, 2.24) is 4.72 Å². The summed E-state index contributed by atoms with van der Waals surface area (Å²) in [5, 5.41) is 0. The van der Waals surface area contributed by atoms with E-state index in [4.69, 9.17) is 0 Å². The van der Waals surface area contributed by atoms with E-state index in [1.807, 2.05) is 30.3 Å². The van der Waals surface area contributed by atoms with Crippen LogP contribution in [0, 0.1) is 0 Å². The van der Waals surface area contributed by atoms with E-state index < -0.39 is 16.7 Å². The van der Waals surface area contributed by atoms with E-state index in [1.165, 1.54) is 0 Å². The Labute approximate surface area is 89.4 Å². The maximum Gasteiger partial charge on any atom is 0.211 e. The van der Waals surface area contributed by atoms with Gasteiger partial charge in [-0.15, -0.1) is 0 Å². The van der Waals surface area contributed by atoms with Crippen LogP contribution in [0.4, 0.5) is 4.39 Å². The number of rotatable bonds is 6. The predicted octanol–water partition coefficient (Wildman–Crippen LogP) is 1.47. The zero-order valence-electron chi connectivity index (χ0n) is 8.32. The van der Waals surface area contributed by atoms with Gasteiger partial charge in [0.25, 0.3) is 0 Å². The molecular formula is C10H14FNO2S. The van der Waals surface area contributed by atoms with Crippen molar-refractivity contribution in [1.29, 1.82) is 0 Å². The van der Waals surface area contributed by atoms with Crippen molar-refractivity contribution in [3.63, 3.8) is 0 Å². The molecular weight excluding hydrogens is 216 g/mol. The molecule has 1 rings (SSSR count). The fraction of sp³-hybridized carbons (Fsp3) is 0.400. The Hall–Kier alpha value is -0.940. The average molecular weight is 230 g/mol. The van der Waals surface area contributed by atoms with Crippen molar-refractivity contribution in [3.05, 3.63) is 35.9 Å². The number of hydrogen-bond acceptors (Lipinski definition) is 2. The number of benzene rings is 1. The Balaban J connectivity index is 2.43. The summed E-state index contributed by atoms with van der Waals surface area (Å²) >= 11 is 0. The fourth-order valence-electron chi connectivity index (χ4n) is 1.11.